The van der Waals surface area contributed by atoms with Gasteiger partial charge in [0.25, 0.3) is 5.91 Å². The van der Waals surface area contributed by atoms with E-state index in [9.17, 15) is 15.0 Å². The van der Waals surface area contributed by atoms with E-state index in [-0.39, 0.29) is 11.4 Å². The highest BCUT2D eigenvalue weighted by atomic mass is 16.3. The second-order valence-electron chi connectivity index (χ2n) is 3.83. The quantitative estimate of drug-likeness (QED) is 0.620. The van der Waals surface area contributed by atoms with Crippen LogP contribution < -0.4 is 4.90 Å². The average molecular weight is 235 g/mol. The van der Waals surface area contributed by atoms with Crippen molar-refractivity contribution in [2.45, 2.75) is 26.5 Å². The minimum Gasteiger partial charge on any atom is -0.506 e. The van der Waals surface area contributed by atoms with E-state index in [1.807, 2.05) is 0 Å². The third-order valence-corrected chi connectivity index (χ3v) is 2.39. The molecule has 0 radical (unpaired) electrons. The van der Waals surface area contributed by atoms with Crippen molar-refractivity contribution in [1.82, 2.24) is 0 Å². The maximum atomic E-state index is 12.0. The van der Waals surface area contributed by atoms with Crippen LogP contribution in [0.2, 0.25) is 0 Å². The van der Waals surface area contributed by atoms with Gasteiger partial charge in [-0.3, -0.25) is 9.69 Å². The lowest BCUT2D eigenvalue weighted by Crippen LogP contribution is -2.40. The fourth-order valence-electron chi connectivity index (χ4n) is 1.46. The molecule has 1 aromatic carbocycles. The summed E-state index contributed by atoms with van der Waals surface area (Å²) in [6.45, 7) is 6.88. The van der Waals surface area contributed by atoms with E-state index in [0.29, 0.717) is 12.0 Å². The number of nitrogens with zero attached hydrogens (tertiary/aromatic N) is 1. The van der Waals surface area contributed by atoms with Crippen molar-refractivity contribution >= 4 is 11.6 Å². The van der Waals surface area contributed by atoms with Crippen molar-refractivity contribution < 1.29 is 15.0 Å². The average Bonchev–Trinajstić information content (AvgIpc) is 2.31. The first kappa shape index (κ1) is 13.3. The number of amides is 1. The number of phenols is 1. The van der Waals surface area contributed by atoms with E-state index in [2.05, 4.69) is 6.58 Å². The first-order valence-electron chi connectivity index (χ1n) is 5.44. The fourth-order valence-corrected chi connectivity index (χ4v) is 1.46. The minimum atomic E-state index is -0.979. The van der Waals surface area contributed by atoms with Crippen LogP contribution in [0.25, 0.3) is 0 Å². The summed E-state index contributed by atoms with van der Waals surface area (Å²) in [5, 5.41) is 19.6. The molecule has 92 valence electrons. The monoisotopic (exact) mass is 235 g/mol. The summed E-state index contributed by atoms with van der Waals surface area (Å²) in [7, 11) is 0. The Balaban J connectivity index is 3.20. The van der Waals surface area contributed by atoms with Crippen LogP contribution in [0.3, 0.4) is 0 Å². The summed E-state index contributed by atoms with van der Waals surface area (Å²) < 4.78 is 0. The van der Waals surface area contributed by atoms with Gasteiger partial charge in [0.2, 0.25) is 0 Å². The molecule has 0 saturated heterocycles. The van der Waals surface area contributed by atoms with Crippen LogP contribution in [-0.4, -0.2) is 22.3 Å². The molecule has 4 heteroatoms. The molecule has 0 saturated carbocycles. The minimum absolute atomic E-state index is 0.0467. The Bertz CT molecular complexity index is 428. The molecular formula is C13H17NO3. The number of aliphatic hydroxyl groups excluding tert-OH is 1. The molecule has 0 aliphatic rings. The summed E-state index contributed by atoms with van der Waals surface area (Å²) in [4.78, 5) is 13.1. The van der Waals surface area contributed by atoms with E-state index < -0.39 is 12.1 Å². The molecule has 0 aromatic heterocycles. The fraction of sp³-hybridized carbons (Fsp3) is 0.308. The third kappa shape index (κ3) is 2.85. The van der Waals surface area contributed by atoms with Gasteiger partial charge in [-0.25, -0.2) is 0 Å². The number of anilines is 1. The first-order chi connectivity index (χ1) is 7.99. The van der Waals surface area contributed by atoms with Crippen molar-refractivity contribution in [1.29, 1.82) is 0 Å². The molecule has 2 N–H and O–H groups in total. The number of rotatable bonds is 4. The zero-order chi connectivity index (χ0) is 13.0. The highest BCUT2D eigenvalue weighted by Gasteiger charge is 2.24. The van der Waals surface area contributed by atoms with Gasteiger partial charge in [0, 0.05) is 5.57 Å². The van der Waals surface area contributed by atoms with Gasteiger partial charge in [-0.1, -0.05) is 25.6 Å². The molecule has 17 heavy (non-hydrogen) atoms. The predicted octanol–water partition coefficient (Wildman–Crippen LogP) is 2.03. The number of hydrogen-bond donors (Lipinski definition) is 2. The predicted molar refractivity (Wildman–Crippen MR) is 66.7 cm³/mol. The molecule has 1 rings (SSSR count). The number of phenolic OH excluding ortho intramolecular Hbond substituents is 1. The Labute approximate surface area is 101 Å². The zero-order valence-corrected chi connectivity index (χ0v) is 10.1. The van der Waals surface area contributed by atoms with Crippen molar-refractivity contribution in [3.05, 3.63) is 36.4 Å². The van der Waals surface area contributed by atoms with Crippen LogP contribution in [0.1, 0.15) is 20.3 Å². The van der Waals surface area contributed by atoms with E-state index in [1.165, 1.54) is 6.07 Å². The third-order valence-electron chi connectivity index (χ3n) is 2.39. The topological polar surface area (TPSA) is 60.8 Å². The molecule has 0 aliphatic carbocycles. The lowest BCUT2D eigenvalue weighted by atomic mass is 10.2. The molecule has 0 fully saturated rings. The van der Waals surface area contributed by atoms with Gasteiger partial charge < -0.3 is 10.2 Å². The van der Waals surface area contributed by atoms with Crippen LogP contribution in [0.4, 0.5) is 5.69 Å². The van der Waals surface area contributed by atoms with Crippen molar-refractivity contribution in [2.24, 2.45) is 0 Å². The molecule has 0 aliphatic heterocycles. The second-order valence-corrected chi connectivity index (χ2v) is 3.83. The highest BCUT2D eigenvalue weighted by Crippen LogP contribution is 2.29. The highest BCUT2D eigenvalue weighted by molar-refractivity contribution is 6.05. The molecule has 1 unspecified atom stereocenters. The molecule has 0 spiro atoms. The van der Waals surface area contributed by atoms with Crippen LogP contribution in [0.5, 0.6) is 5.75 Å². The van der Waals surface area contributed by atoms with Gasteiger partial charge in [0.05, 0.1) is 5.69 Å². The number of carbonyl (C=O) groups is 1. The van der Waals surface area contributed by atoms with Crippen molar-refractivity contribution in [2.75, 3.05) is 4.90 Å². The zero-order valence-electron chi connectivity index (χ0n) is 10.1. The summed E-state index contributed by atoms with van der Waals surface area (Å²) in [5.41, 5.74) is 0.593. The maximum Gasteiger partial charge on any atom is 0.255 e. The molecule has 0 heterocycles. The standard InChI is InChI=1S/C13H17NO3/c1-4-12(16)14(13(17)9(2)3)10-7-5-6-8-11(10)15/h5-8,12,15-16H,2,4H2,1,3H3. The summed E-state index contributed by atoms with van der Waals surface area (Å²) in [6.07, 6.45) is -0.611. The molecule has 1 aromatic rings. The van der Waals surface area contributed by atoms with Crippen molar-refractivity contribution in [3.8, 4) is 5.75 Å². The van der Waals surface area contributed by atoms with E-state index in [0.717, 1.165) is 4.90 Å². The van der Waals surface area contributed by atoms with Gasteiger partial charge in [-0.2, -0.15) is 0 Å². The molecule has 1 amide bonds. The number of carbonyl (C=O) groups excluding carboxylic acids is 1. The largest absolute Gasteiger partial charge is 0.506 e. The smallest absolute Gasteiger partial charge is 0.255 e. The van der Waals surface area contributed by atoms with Crippen molar-refractivity contribution in [3.63, 3.8) is 0 Å². The molecule has 4 nitrogen and oxygen atoms in total. The Morgan fingerprint density at radius 3 is 2.53 bits per heavy atom. The number of para-hydroxylation sites is 2. The summed E-state index contributed by atoms with van der Waals surface area (Å²) >= 11 is 0. The SMILES string of the molecule is C=C(C)C(=O)N(c1ccccc1O)C(O)CC. The molecule has 1 atom stereocenters. The summed E-state index contributed by atoms with van der Waals surface area (Å²) in [6, 6.07) is 6.39. The lowest BCUT2D eigenvalue weighted by molar-refractivity contribution is -0.117. The number of aliphatic hydroxyl groups is 1. The van der Waals surface area contributed by atoms with Gasteiger partial charge in [-0.05, 0) is 25.5 Å². The number of aromatic hydroxyl groups is 1. The maximum absolute atomic E-state index is 12.0. The molecular weight excluding hydrogens is 218 g/mol. The second kappa shape index (κ2) is 5.50. The van der Waals surface area contributed by atoms with Crippen LogP contribution in [0.15, 0.2) is 36.4 Å². The van der Waals surface area contributed by atoms with Gasteiger partial charge >= 0.3 is 0 Å². The summed E-state index contributed by atoms with van der Waals surface area (Å²) in [5.74, 6) is -0.449. The Morgan fingerprint density at radius 2 is 2.06 bits per heavy atom. The first-order valence-corrected chi connectivity index (χ1v) is 5.44. The number of hydrogen-bond acceptors (Lipinski definition) is 3. The normalized spacial score (nSPS) is 11.9. The van der Waals surface area contributed by atoms with E-state index in [1.54, 1.807) is 32.0 Å². The molecule has 0 bridgehead atoms. The lowest BCUT2D eigenvalue weighted by Gasteiger charge is -2.28. The van der Waals surface area contributed by atoms with Crippen LogP contribution in [0, 0.1) is 0 Å². The van der Waals surface area contributed by atoms with E-state index in [4.69, 9.17) is 0 Å². The number of benzene rings is 1. The Hall–Kier alpha value is -1.81. The Morgan fingerprint density at radius 1 is 1.47 bits per heavy atom. The van der Waals surface area contributed by atoms with Gasteiger partial charge in [0.1, 0.15) is 12.0 Å². The van der Waals surface area contributed by atoms with E-state index >= 15 is 0 Å². The van der Waals surface area contributed by atoms with Gasteiger partial charge in [0.15, 0.2) is 0 Å². The van der Waals surface area contributed by atoms with Crippen LogP contribution >= 0.6 is 0 Å². The Kier molecular flexibility index (Phi) is 4.29. The van der Waals surface area contributed by atoms with Gasteiger partial charge in [-0.15, -0.1) is 0 Å². The van der Waals surface area contributed by atoms with Crippen LogP contribution in [-0.2, 0) is 4.79 Å².